The van der Waals surface area contributed by atoms with Crippen LogP contribution in [0.15, 0.2) is 27.4 Å². The molecule has 0 radical (unpaired) electrons. The molecule has 0 aliphatic rings. The monoisotopic (exact) mass is 333 g/mol. The van der Waals surface area contributed by atoms with Gasteiger partial charge < -0.3 is 14.6 Å². The summed E-state index contributed by atoms with van der Waals surface area (Å²) in [4.78, 5) is 12.9. The highest BCUT2D eigenvalue weighted by Gasteiger charge is 2.16. The van der Waals surface area contributed by atoms with Crippen LogP contribution in [0.2, 0.25) is 5.02 Å². The maximum atomic E-state index is 12.6. The largest absolute Gasteiger partial charge is 0.506 e. The number of phenols is 1. The highest BCUT2D eigenvalue weighted by molar-refractivity contribution is 6.32. The standard InChI is InChI=1S/C14H14ClF2NO4/c15-10-4-9-8(6-18(1-2-19)7-13(16)17)3-14(21)22-12(9)5-11(10)20/h3-5,13,19-20H,1-2,6-7H2. The Hall–Kier alpha value is -1.70. The number of hydrogen-bond donors (Lipinski definition) is 2. The van der Waals surface area contributed by atoms with Crippen molar-refractivity contribution in [1.82, 2.24) is 4.90 Å². The fraction of sp³-hybridized carbons (Fsp3) is 0.357. The molecular formula is C14H14ClF2NO4. The lowest BCUT2D eigenvalue weighted by Crippen LogP contribution is -2.31. The third kappa shape index (κ3) is 3.94. The first-order valence-corrected chi connectivity index (χ1v) is 6.85. The second kappa shape index (κ2) is 7.04. The van der Waals surface area contributed by atoms with Crippen LogP contribution in [0.1, 0.15) is 5.56 Å². The molecule has 0 saturated heterocycles. The van der Waals surface area contributed by atoms with E-state index in [4.69, 9.17) is 21.1 Å². The van der Waals surface area contributed by atoms with Crippen LogP contribution in [0, 0.1) is 0 Å². The van der Waals surface area contributed by atoms with Crippen molar-refractivity contribution in [2.24, 2.45) is 0 Å². The zero-order valence-electron chi connectivity index (χ0n) is 11.4. The van der Waals surface area contributed by atoms with Gasteiger partial charge >= 0.3 is 5.63 Å². The van der Waals surface area contributed by atoms with Gasteiger partial charge in [-0.25, -0.2) is 13.6 Å². The van der Waals surface area contributed by atoms with Gasteiger partial charge in [0.1, 0.15) is 11.3 Å². The van der Waals surface area contributed by atoms with Crippen molar-refractivity contribution in [2.75, 3.05) is 19.7 Å². The molecule has 0 atom stereocenters. The lowest BCUT2D eigenvalue weighted by Gasteiger charge is -2.21. The molecule has 2 rings (SSSR count). The molecule has 2 N–H and O–H groups in total. The van der Waals surface area contributed by atoms with E-state index in [0.29, 0.717) is 10.9 Å². The Labute approximate surface area is 129 Å². The molecule has 0 aliphatic carbocycles. The van der Waals surface area contributed by atoms with Gasteiger partial charge in [-0.2, -0.15) is 0 Å². The molecule has 5 nitrogen and oxygen atoms in total. The topological polar surface area (TPSA) is 73.9 Å². The minimum atomic E-state index is -2.56. The van der Waals surface area contributed by atoms with E-state index in [-0.39, 0.29) is 36.1 Å². The van der Waals surface area contributed by atoms with Crippen LogP contribution < -0.4 is 5.63 Å². The predicted molar refractivity (Wildman–Crippen MR) is 77.5 cm³/mol. The summed E-state index contributed by atoms with van der Waals surface area (Å²) < 4.78 is 30.1. The van der Waals surface area contributed by atoms with Crippen LogP contribution in [0.25, 0.3) is 11.0 Å². The molecule has 120 valence electrons. The van der Waals surface area contributed by atoms with Gasteiger partial charge in [-0.05, 0) is 11.6 Å². The molecule has 1 heterocycles. The first kappa shape index (κ1) is 16.7. The summed E-state index contributed by atoms with van der Waals surface area (Å²) in [5.41, 5.74) is -0.113. The minimum absolute atomic E-state index is 0.0219. The van der Waals surface area contributed by atoms with Crippen molar-refractivity contribution in [1.29, 1.82) is 0 Å². The molecule has 1 aromatic carbocycles. The van der Waals surface area contributed by atoms with Crippen LogP contribution in [-0.2, 0) is 6.54 Å². The zero-order chi connectivity index (χ0) is 16.3. The lowest BCUT2D eigenvalue weighted by molar-refractivity contribution is 0.0748. The number of benzene rings is 1. The van der Waals surface area contributed by atoms with Crippen LogP contribution in [0.5, 0.6) is 5.75 Å². The highest BCUT2D eigenvalue weighted by Crippen LogP contribution is 2.30. The first-order chi connectivity index (χ1) is 10.4. The molecule has 0 unspecified atom stereocenters. The Kier molecular flexibility index (Phi) is 5.33. The summed E-state index contributed by atoms with van der Waals surface area (Å²) >= 11 is 5.84. The molecule has 22 heavy (non-hydrogen) atoms. The van der Waals surface area contributed by atoms with E-state index in [1.165, 1.54) is 23.1 Å². The Morgan fingerprint density at radius 1 is 1.32 bits per heavy atom. The normalized spacial score (nSPS) is 11.7. The average Bonchev–Trinajstić information content (AvgIpc) is 2.40. The molecule has 2 aromatic rings. The molecule has 0 fully saturated rings. The summed E-state index contributed by atoms with van der Waals surface area (Å²) in [6, 6.07) is 3.79. The van der Waals surface area contributed by atoms with Gasteiger partial charge in [0.15, 0.2) is 0 Å². The number of hydrogen-bond acceptors (Lipinski definition) is 5. The van der Waals surface area contributed by atoms with Crippen molar-refractivity contribution < 1.29 is 23.4 Å². The number of rotatable bonds is 6. The van der Waals surface area contributed by atoms with Crippen molar-refractivity contribution in [3.63, 3.8) is 0 Å². The number of halogens is 3. The van der Waals surface area contributed by atoms with E-state index in [2.05, 4.69) is 0 Å². The third-order valence-corrected chi connectivity index (χ3v) is 3.41. The van der Waals surface area contributed by atoms with Gasteiger partial charge in [0.25, 0.3) is 6.43 Å². The maximum Gasteiger partial charge on any atom is 0.336 e. The van der Waals surface area contributed by atoms with Crippen molar-refractivity contribution in [2.45, 2.75) is 13.0 Å². The van der Waals surface area contributed by atoms with Gasteiger partial charge in [-0.1, -0.05) is 11.6 Å². The van der Waals surface area contributed by atoms with E-state index in [0.717, 1.165) is 0 Å². The fourth-order valence-corrected chi connectivity index (χ4v) is 2.34. The van der Waals surface area contributed by atoms with E-state index in [9.17, 15) is 18.7 Å². The molecule has 8 heteroatoms. The number of fused-ring (bicyclic) bond motifs is 1. The number of aliphatic hydroxyl groups excluding tert-OH is 1. The van der Waals surface area contributed by atoms with E-state index < -0.39 is 18.6 Å². The Morgan fingerprint density at radius 2 is 2.05 bits per heavy atom. The second-order valence-electron chi connectivity index (χ2n) is 4.74. The molecule has 0 saturated carbocycles. The van der Waals surface area contributed by atoms with Crippen molar-refractivity contribution in [3.8, 4) is 5.75 Å². The van der Waals surface area contributed by atoms with Gasteiger partial charge in [0.2, 0.25) is 0 Å². The SMILES string of the molecule is O=c1cc(CN(CCO)CC(F)F)c2cc(Cl)c(O)cc2o1. The first-order valence-electron chi connectivity index (χ1n) is 6.47. The van der Waals surface area contributed by atoms with Crippen LogP contribution in [0.3, 0.4) is 0 Å². The summed E-state index contributed by atoms with van der Waals surface area (Å²) in [6.45, 7) is -0.756. The predicted octanol–water partition coefficient (Wildman–Crippen LogP) is 2.21. The smallest absolute Gasteiger partial charge is 0.336 e. The Balaban J connectivity index is 2.44. The van der Waals surface area contributed by atoms with Crippen LogP contribution >= 0.6 is 11.6 Å². The van der Waals surface area contributed by atoms with Gasteiger partial charge in [0.05, 0.1) is 18.2 Å². The van der Waals surface area contributed by atoms with E-state index in [1.807, 2.05) is 0 Å². The van der Waals surface area contributed by atoms with E-state index in [1.54, 1.807) is 0 Å². The summed E-state index contributed by atoms with van der Waals surface area (Å²) in [5.74, 6) is -0.241. The highest BCUT2D eigenvalue weighted by atomic mass is 35.5. The average molecular weight is 334 g/mol. The molecular weight excluding hydrogens is 320 g/mol. The van der Waals surface area contributed by atoms with Crippen LogP contribution in [-0.4, -0.2) is 41.2 Å². The van der Waals surface area contributed by atoms with Gasteiger partial charge in [-0.15, -0.1) is 0 Å². The maximum absolute atomic E-state index is 12.6. The third-order valence-electron chi connectivity index (χ3n) is 3.10. The summed E-state index contributed by atoms with van der Waals surface area (Å²) in [5, 5.41) is 19.0. The number of phenolic OH excluding ortho intramolecular Hbond substituents is 1. The number of nitrogens with zero attached hydrogens (tertiary/aromatic N) is 1. The van der Waals surface area contributed by atoms with Crippen molar-refractivity contribution in [3.05, 3.63) is 39.2 Å². The van der Waals surface area contributed by atoms with Crippen molar-refractivity contribution >= 4 is 22.6 Å². The number of aliphatic hydroxyl groups is 1. The minimum Gasteiger partial charge on any atom is -0.506 e. The Bertz CT molecular complexity index is 720. The molecule has 0 bridgehead atoms. The zero-order valence-corrected chi connectivity index (χ0v) is 12.2. The van der Waals surface area contributed by atoms with Gasteiger partial charge in [0, 0.05) is 30.6 Å². The fourth-order valence-electron chi connectivity index (χ4n) is 2.18. The second-order valence-corrected chi connectivity index (χ2v) is 5.15. The molecule has 1 aromatic heterocycles. The van der Waals surface area contributed by atoms with Crippen LogP contribution in [0.4, 0.5) is 8.78 Å². The van der Waals surface area contributed by atoms with Gasteiger partial charge in [-0.3, -0.25) is 4.90 Å². The van der Waals surface area contributed by atoms with E-state index >= 15 is 0 Å². The summed E-state index contributed by atoms with van der Waals surface area (Å²) in [7, 11) is 0. The number of aromatic hydroxyl groups is 1. The number of alkyl halides is 2. The molecule has 0 amide bonds. The lowest BCUT2D eigenvalue weighted by atomic mass is 10.1. The quantitative estimate of drug-likeness (QED) is 0.793. The molecule has 0 spiro atoms. The Morgan fingerprint density at radius 3 is 2.68 bits per heavy atom. The summed E-state index contributed by atoms with van der Waals surface area (Å²) in [6.07, 6.45) is -2.56. The molecule has 0 aliphatic heterocycles.